The molecule has 0 atom stereocenters. The molecule has 0 aliphatic rings. The third-order valence-electron chi connectivity index (χ3n) is 3.27. The molecule has 2 aromatic rings. The Bertz CT molecular complexity index is 579. The Morgan fingerprint density at radius 1 is 1.33 bits per heavy atom. The summed E-state index contributed by atoms with van der Waals surface area (Å²) >= 11 is 0. The van der Waals surface area contributed by atoms with Crippen LogP contribution in [0.15, 0.2) is 24.4 Å². The molecule has 1 aromatic carbocycles. The number of nitrogens with two attached hydrogens (primary N) is 1. The van der Waals surface area contributed by atoms with Crippen LogP contribution in [-0.4, -0.2) is 15.6 Å². The molecule has 4 nitrogen and oxygen atoms in total. The van der Waals surface area contributed by atoms with Gasteiger partial charge in [-0.25, -0.2) is 0 Å². The first kappa shape index (κ1) is 12.4. The molecule has 0 amide bonds. The van der Waals surface area contributed by atoms with E-state index in [0.29, 0.717) is 17.8 Å². The lowest BCUT2D eigenvalue weighted by molar-refractivity contribution is 0.0993. The molecule has 0 bridgehead atoms. The second-order valence-electron chi connectivity index (χ2n) is 4.54. The van der Waals surface area contributed by atoms with E-state index >= 15 is 0 Å². The largest absolute Gasteiger partial charge is 0.383 e. The minimum atomic E-state index is 0.0120. The van der Waals surface area contributed by atoms with Crippen LogP contribution in [0.3, 0.4) is 0 Å². The Hall–Kier alpha value is -2.10. The highest BCUT2D eigenvalue weighted by Gasteiger charge is 2.15. The first-order valence-corrected chi connectivity index (χ1v) is 5.86. The lowest BCUT2D eigenvalue weighted by atomic mass is 9.96. The monoisotopic (exact) mass is 243 g/mol. The highest BCUT2D eigenvalue weighted by molar-refractivity contribution is 6.01. The van der Waals surface area contributed by atoms with Crippen LogP contribution < -0.4 is 5.73 Å². The first-order valence-electron chi connectivity index (χ1n) is 5.86. The number of Topliss-reactive ketones (excluding diaryl/α,β-unsaturated/α-hetero) is 1. The fourth-order valence-corrected chi connectivity index (χ4v) is 2.05. The number of nitrogens with zero attached hydrogens (tertiary/aromatic N) is 2. The van der Waals surface area contributed by atoms with Crippen molar-refractivity contribution in [2.75, 3.05) is 5.73 Å². The Morgan fingerprint density at radius 3 is 2.44 bits per heavy atom. The topological polar surface area (TPSA) is 60.9 Å². The van der Waals surface area contributed by atoms with Crippen LogP contribution in [0.1, 0.15) is 27.0 Å². The van der Waals surface area contributed by atoms with Crippen molar-refractivity contribution in [2.45, 2.75) is 20.3 Å². The van der Waals surface area contributed by atoms with E-state index in [1.807, 2.05) is 32.0 Å². The molecule has 0 unspecified atom stereocenters. The van der Waals surface area contributed by atoms with Gasteiger partial charge in [-0.3, -0.25) is 9.48 Å². The van der Waals surface area contributed by atoms with Gasteiger partial charge in [-0.05, 0) is 30.5 Å². The lowest BCUT2D eigenvalue weighted by Gasteiger charge is -2.08. The van der Waals surface area contributed by atoms with Gasteiger partial charge in [-0.2, -0.15) is 5.10 Å². The molecule has 1 aromatic heterocycles. The zero-order chi connectivity index (χ0) is 13.3. The molecule has 2 N–H and O–H groups in total. The molecule has 4 heteroatoms. The minimum absolute atomic E-state index is 0.0120. The SMILES string of the molecule is Cc1cccc(C)c1CC(=O)c1cnn(C)c1N. The molecule has 0 spiro atoms. The van der Waals surface area contributed by atoms with Crippen molar-refractivity contribution in [3.63, 3.8) is 0 Å². The van der Waals surface area contributed by atoms with Crippen molar-refractivity contribution < 1.29 is 4.79 Å². The van der Waals surface area contributed by atoms with Crippen molar-refractivity contribution in [1.29, 1.82) is 0 Å². The number of carbonyl (C=O) groups is 1. The van der Waals surface area contributed by atoms with Gasteiger partial charge < -0.3 is 5.73 Å². The molecule has 0 aliphatic heterocycles. The van der Waals surface area contributed by atoms with Crippen LogP contribution in [-0.2, 0) is 13.5 Å². The van der Waals surface area contributed by atoms with Gasteiger partial charge in [0, 0.05) is 13.5 Å². The smallest absolute Gasteiger partial charge is 0.172 e. The predicted molar refractivity (Wildman–Crippen MR) is 71.6 cm³/mol. The number of hydrogen-bond donors (Lipinski definition) is 1. The molecule has 2 rings (SSSR count). The molecule has 18 heavy (non-hydrogen) atoms. The Balaban J connectivity index is 2.30. The van der Waals surface area contributed by atoms with Crippen molar-refractivity contribution >= 4 is 11.6 Å². The molecule has 0 fully saturated rings. The van der Waals surface area contributed by atoms with Crippen molar-refractivity contribution in [3.8, 4) is 0 Å². The predicted octanol–water partition coefficient (Wildman–Crippen LogP) is 2.04. The van der Waals surface area contributed by atoms with Gasteiger partial charge in [-0.1, -0.05) is 18.2 Å². The van der Waals surface area contributed by atoms with E-state index in [4.69, 9.17) is 5.73 Å². The normalized spacial score (nSPS) is 10.6. The fourth-order valence-electron chi connectivity index (χ4n) is 2.05. The Morgan fingerprint density at radius 2 is 1.94 bits per heavy atom. The maximum absolute atomic E-state index is 12.2. The summed E-state index contributed by atoms with van der Waals surface area (Å²) in [6, 6.07) is 6.03. The summed E-state index contributed by atoms with van der Waals surface area (Å²) in [7, 11) is 1.73. The maximum atomic E-state index is 12.2. The van der Waals surface area contributed by atoms with Crippen LogP contribution in [0, 0.1) is 13.8 Å². The lowest BCUT2D eigenvalue weighted by Crippen LogP contribution is -2.09. The maximum Gasteiger partial charge on any atom is 0.172 e. The number of benzene rings is 1. The van der Waals surface area contributed by atoms with Crippen LogP contribution in [0.5, 0.6) is 0 Å². The zero-order valence-corrected chi connectivity index (χ0v) is 10.9. The molecule has 0 aliphatic carbocycles. The number of rotatable bonds is 3. The number of ketones is 1. The van der Waals surface area contributed by atoms with Gasteiger partial charge in [0.2, 0.25) is 0 Å². The van der Waals surface area contributed by atoms with E-state index in [1.54, 1.807) is 7.05 Å². The summed E-state index contributed by atoms with van der Waals surface area (Å²) in [5.41, 5.74) is 9.65. The van der Waals surface area contributed by atoms with Crippen LogP contribution in [0.25, 0.3) is 0 Å². The zero-order valence-electron chi connectivity index (χ0n) is 10.9. The summed E-state index contributed by atoms with van der Waals surface area (Å²) < 4.78 is 1.51. The average molecular weight is 243 g/mol. The molecule has 0 saturated carbocycles. The van der Waals surface area contributed by atoms with E-state index in [0.717, 1.165) is 16.7 Å². The molecule has 0 radical (unpaired) electrons. The number of hydrogen-bond acceptors (Lipinski definition) is 3. The van der Waals surface area contributed by atoms with Crippen molar-refractivity contribution in [3.05, 3.63) is 46.6 Å². The van der Waals surface area contributed by atoms with Crippen LogP contribution in [0.2, 0.25) is 0 Å². The third kappa shape index (κ3) is 2.14. The second-order valence-corrected chi connectivity index (χ2v) is 4.54. The summed E-state index contributed by atoms with van der Waals surface area (Å²) in [4.78, 5) is 12.2. The van der Waals surface area contributed by atoms with Crippen molar-refractivity contribution in [1.82, 2.24) is 9.78 Å². The average Bonchev–Trinajstić information content (AvgIpc) is 2.65. The van der Waals surface area contributed by atoms with Crippen LogP contribution >= 0.6 is 0 Å². The minimum Gasteiger partial charge on any atom is -0.383 e. The second kappa shape index (κ2) is 4.64. The summed E-state index contributed by atoms with van der Waals surface area (Å²) in [5, 5.41) is 3.99. The summed E-state index contributed by atoms with van der Waals surface area (Å²) in [5.74, 6) is 0.434. The first-order chi connectivity index (χ1) is 8.50. The number of anilines is 1. The molecule has 0 saturated heterocycles. The van der Waals surface area contributed by atoms with Gasteiger partial charge in [0.1, 0.15) is 5.82 Å². The van der Waals surface area contributed by atoms with Gasteiger partial charge in [0.25, 0.3) is 0 Å². The molecular weight excluding hydrogens is 226 g/mol. The van der Waals surface area contributed by atoms with E-state index in [2.05, 4.69) is 5.10 Å². The van der Waals surface area contributed by atoms with Gasteiger partial charge in [0.05, 0.1) is 11.8 Å². The van der Waals surface area contributed by atoms with E-state index in [1.165, 1.54) is 10.9 Å². The Labute approximate surface area is 106 Å². The van der Waals surface area contributed by atoms with E-state index < -0.39 is 0 Å². The standard InChI is InChI=1S/C14H17N3O/c1-9-5-4-6-10(2)11(9)7-13(18)12-8-16-17(3)14(12)15/h4-6,8H,7,15H2,1-3H3. The number of carbonyl (C=O) groups excluding carboxylic acids is 1. The van der Waals surface area contributed by atoms with Crippen LogP contribution in [0.4, 0.5) is 5.82 Å². The number of aromatic nitrogens is 2. The van der Waals surface area contributed by atoms with Gasteiger partial charge in [0.15, 0.2) is 5.78 Å². The Kier molecular flexibility index (Phi) is 3.19. The third-order valence-corrected chi connectivity index (χ3v) is 3.27. The fraction of sp³-hybridized carbons (Fsp3) is 0.286. The molecule has 1 heterocycles. The number of aryl methyl sites for hydroxylation is 3. The highest BCUT2D eigenvalue weighted by Crippen LogP contribution is 2.18. The molecular formula is C14H17N3O. The van der Waals surface area contributed by atoms with E-state index in [9.17, 15) is 4.79 Å². The quantitative estimate of drug-likeness (QED) is 0.839. The van der Waals surface area contributed by atoms with Crippen molar-refractivity contribution in [2.24, 2.45) is 7.05 Å². The van der Waals surface area contributed by atoms with Gasteiger partial charge in [-0.15, -0.1) is 0 Å². The summed E-state index contributed by atoms with van der Waals surface area (Å²) in [6.45, 7) is 4.03. The van der Waals surface area contributed by atoms with E-state index in [-0.39, 0.29) is 5.78 Å². The summed E-state index contributed by atoms with van der Waals surface area (Å²) in [6.07, 6.45) is 1.90. The molecule has 94 valence electrons. The number of nitrogen functional groups attached to an aromatic ring is 1. The van der Waals surface area contributed by atoms with Gasteiger partial charge >= 0.3 is 0 Å². The highest BCUT2D eigenvalue weighted by atomic mass is 16.1.